The average molecular weight is 448 g/mol. The highest BCUT2D eigenvalue weighted by atomic mass is 19.1. The number of esters is 1. The van der Waals surface area contributed by atoms with Crippen LogP contribution in [0.1, 0.15) is 52.7 Å². The van der Waals surface area contributed by atoms with Crippen molar-refractivity contribution in [2.45, 2.75) is 37.7 Å². The molecule has 0 amide bonds. The predicted molar refractivity (Wildman–Crippen MR) is 120 cm³/mol. The summed E-state index contributed by atoms with van der Waals surface area (Å²) in [6.07, 6.45) is 2.01. The third-order valence-electron chi connectivity index (χ3n) is 6.49. The second-order valence-electron chi connectivity index (χ2n) is 8.57. The summed E-state index contributed by atoms with van der Waals surface area (Å²) >= 11 is 0. The number of phenolic OH excluding ortho intramolecular Hbond substituents is 1. The molecule has 0 saturated carbocycles. The number of methoxy groups -OCH3 is 1. The first-order valence-corrected chi connectivity index (χ1v) is 11.1. The highest BCUT2D eigenvalue weighted by Gasteiger charge is 2.31. The van der Waals surface area contributed by atoms with Gasteiger partial charge in [-0.05, 0) is 60.2 Å². The second kappa shape index (κ2) is 8.77. The van der Waals surface area contributed by atoms with E-state index >= 15 is 0 Å². The van der Waals surface area contributed by atoms with Crippen LogP contribution in [0.4, 0.5) is 4.39 Å². The quantitative estimate of drug-likeness (QED) is 0.524. The zero-order chi connectivity index (χ0) is 22.9. The van der Waals surface area contributed by atoms with Crippen LogP contribution in [0.15, 0.2) is 54.6 Å². The molecule has 5 rings (SSSR count). The van der Waals surface area contributed by atoms with E-state index in [4.69, 9.17) is 14.2 Å². The van der Waals surface area contributed by atoms with Crippen LogP contribution in [0.2, 0.25) is 0 Å². The number of fused-ring (bicyclic) bond motifs is 2. The Morgan fingerprint density at radius 1 is 1.15 bits per heavy atom. The summed E-state index contributed by atoms with van der Waals surface area (Å²) in [5.41, 5.74) is 4.72. The number of carbonyl (C=O) groups is 1. The van der Waals surface area contributed by atoms with Crippen molar-refractivity contribution in [3.05, 3.63) is 88.2 Å². The lowest BCUT2D eigenvalue weighted by Gasteiger charge is -2.17. The van der Waals surface area contributed by atoms with Crippen LogP contribution in [-0.4, -0.2) is 24.8 Å². The van der Waals surface area contributed by atoms with Gasteiger partial charge in [0.1, 0.15) is 29.2 Å². The van der Waals surface area contributed by atoms with E-state index in [1.807, 2.05) is 36.4 Å². The molecule has 0 spiro atoms. The Balaban J connectivity index is 1.35. The standard InChI is InChI=1S/C27H25FO5/c1-31-26(30)13-18-15-32-25-14-20(7-8-21(18)25)33-24-11-9-22-17(4-10-23(28)27(22)24)12-16-2-5-19(29)6-3-16/h2-8,10,14,18,24,29H,9,11-13,15H2,1H3/t18?,24-/m1/s1. The summed E-state index contributed by atoms with van der Waals surface area (Å²) in [7, 11) is 1.38. The summed E-state index contributed by atoms with van der Waals surface area (Å²) in [6, 6.07) is 16.0. The van der Waals surface area contributed by atoms with Gasteiger partial charge in [-0.2, -0.15) is 0 Å². The molecule has 1 N–H and O–H groups in total. The van der Waals surface area contributed by atoms with Gasteiger partial charge in [-0.1, -0.05) is 24.3 Å². The summed E-state index contributed by atoms with van der Waals surface area (Å²) in [5.74, 6) is 0.991. The fourth-order valence-electron chi connectivity index (χ4n) is 4.81. The number of phenols is 1. The highest BCUT2D eigenvalue weighted by Crippen LogP contribution is 2.42. The number of rotatable bonds is 6. The maximum atomic E-state index is 14.9. The molecular formula is C27H25FO5. The van der Waals surface area contributed by atoms with Gasteiger partial charge < -0.3 is 19.3 Å². The van der Waals surface area contributed by atoms with E-state index in [0.717, 1.165) is 28.7 Å². The van der Waals surface area contributed by atoms with Gasteiger partial charge in [0, 0.05) is 23.1 Å². The minimum absolute atomic E-state index is 0.0337. The Bertz CT molecular complexity index is 1190. The van der Waals surface area contributed by atoms with Crippen molar-refractivity contribution in [1.82, 2.24) is 0 Å². The van der Waals surface area contributed by atoms with Crippen LogP contribution >= 0.6 is 0 Å². The van der Waals surface area contributed by atoms with Gasteiger partial charge in [-0.3, -0.25) is 4.79 Å². The average Bonchev–Trinajstić information content (AvgIpc) is 3.42. The molecule has 0 saturated heterocycles. The molecule has 3 aromatic carbocycles. The zero-order valence-corrected chi connectivity index (χ0v) is 18.3. The van der Waals surface area contributed by atoms with Gasteiger partial charge in [-0.15, -0.1) is 0 Å². The lowest BCUT2D eigenvalue weighted by Crippen LogP contribution is -2.09. The Labute approximate surface area is 191 Å². The van der Waals surface area contributed by atoms with Crippen molar-refractivity contribution < 1.29 is 28.5 Å². The Morgan fingerprint density at radius 3 is 2.76 bits per heavy atom. The molecule has 2 atom stereocenters. The van der Waals surface area contributed by atoms with E-state index < -0.39 is 0 Å². The largest absolute Gasteiger partial charge is 0.508 e. The third kappa shape index (κ3) is 4.25. The normalized spacial score (nSPS) is 18.4. The van der Waals surface area contributed by atoms with Crippen molar-refractivity contribution in [1.29, 1.82) is 0 Å². The molecule has 6 heteroatoms. The van der Waals surface area contributed by atoms with E-state index in [1.54, 1.807) is 12.1 Å². The molecular weight excluding hydrogens is 423 g/mol. The van der Waals surface area contributed by atoms with E-state index in [1.165, 1.54) is 13.2 Å². The van der Waals surface area contributed by atoms with Crippen molar-refractivity contribution in [3.8, 4) is 17.2 Å². The van der Waals surface area contributed by atoms with E-state index in [-0.39, 0.29) is 36.0 Å². The van der Waals surface area contributed by atoms with Crippen LogP contribution in [0.3, 0.4) is 0 Å². The van der Waals surface area contributed by atoms with Crippen molar-refractivity contribution in [2.24, 2.45) is 0 Å². The summed E-state index contributed by atoms with van der Waals surface area (Å²) < 4.78 is 31.6. The number of carbonyl (C=O) groups excluding carboxylic acids is 1. The molecule has 0 aromatic heterocycles. The van der Waals surface area contributed by atoms with Gasteiger partial charge in [0.2, 0.25) is 0 Å². The Morgan fingerprint density at radius 2 is 1.97 bits per heavy atom. The minimum atomic E-state index is -0.370. The first-order valence-electron chi connectivity index (χ1n) is 11.1. The molecule has 0 radical (unpaired) electrons. The fraction of sp³-hybridized carbons (Fsp3) is 0.296. The highest BCUT2D eigenvalue weighted by molar-refractivity contribution is 5.71. The van der Waals surface area contributed by atoms with Gasteiger partial charge in [0.05, 0.1) is 20.1 Å². The topological polar surface area (TPSA) is 65.0 Å². The third-order valence-corrected chi connectivity index (χ3v) is 6.49. The maximum Gasteiger partial charge on any atom is 0.306 e. The predicted octanol–water partition coefficient (Wildman–Crippen LogP) is 5.23. The van der Waals surface area contributed by atoms with Crippen molar-refractivity contribution in [3.63, 3.8) is 0 Å². The maximum absolute atomic E-state index is 14.9. The molecule has 1 aliphatic carbocycles. The number of ether oxygens (including phenoxy) is 3. The van der Waals surface area contributed by atoms with Crippen LogP contribution in [-0.2, 0) is 22.4 Å². The van der Waals surface area contributed by atoms with Crippen molar-refractivity contribution >= 4 is 5.97 Å². The molecule has 1 aliphatic heterocycles. The lowest BCUT2D eigenvalue weighted by atomic mass is 9.96. The molecule has 5 nitrogen and oxygen atoms in total. The van der Waals surface area contributed by atoms with Crippen LogP contribution in [0, 0.1) is 5.82 Å². The first-order chi connectivity index (χ1) is 16.0. The smallest absolute Gasteiger partial charge is 0.306 e. The molecule has 0 bridgehead atoms. The molecule has 1 unspecified atom stereocenters. The van der Waals surface area contributed by atoms with Crippen LogP contribution in [0.5, 0.6) is 17.2 Å². The van der Waals surface area contributed by atoms with E-state index in [2.05, 4.69) is 0 Å². The van der Waals surface area contributed by atoms with E-state index in [9.17, 15) is 14.3 Å². The molecule has 3 aromatic rings. The molecule has 1 heterocycles. The van der Waals surface area contributed by atoms with Crippen molar-refractivity contribution in [2.75, 3.05) is 13.7 Å². The SMILES string of the molecule is COC(=O)CC1COc2cc(O[C@@H]3CCc4c(Cc5ccc(O)cc5)ccc(F)c43)ccc21. The summed E-state index contributed by atoms with van der Waals surface area (Å²) in [4.78, 5) is 11.6. The number of benzene rings is 3. The molecule has 0 fully saturated rings. The fourth-order valence-corrected chi connectivity index (χ4v) is 4.81. The number of hydrogen-bond donors (Lipinski definition) is 1. The Hall–Kier alpha value is -3.54. The van der Waals surface area contributed by atoms with Gasteiger partial charge >= 0.3 is 5.97 Å². The lowest BCUT2D eigenvalue weighted by molar-refractivity contribution is -0.141. The molecule has 170 valence electrons. The molecule has 2 aliphatic rings. The summed E-state index contributed by atoms with van der Waals surface area (Å²) in [5, 5.41) is 9.52. The van der Waals surface area contributed by atoms with Gasteiger partial charge in [0.25, 0.3) is 0 Å². The number of hydrogen-bond acceptors (Lipinski definition) is 5. The minimum Gasteiger partial charge on any atom is -0.508 e. The monoisotopic (exact) mass is 448 g/mol. The van der Waals surface area contributed by atoms with Crippen LogP contribution in [0.25, 0.3) is 0 Å². The number of halogens is 1. The summed E-state index contributed by atoms with van der Waals surface area (Å²) in [6.45, 7) is 0.426. The molecule has 33 heavy (non-hydrogen) atoms. The number of aromatic hydroxyl groups is 1. The zero-order valence-electron chi connectivity index (χ0n) is 18.3. The van der Waals surface area contributed by atoms with E-state index in [0.29, 0.717) is 36.5 Å². The van der Waals surface area contributed by atoms with Crippen LogP contribution < -0.4 is 9.47 Å². The Kier molecular flexibility index (Phi) is 5.67. The first kappa shape index (κ1) is 21.3. The second-order valence-corrected chi connectivity index (χ2v) is 8.57. The van der Waals surface area contributed by atoms with Gasteiger partial charge in [-0.25, -0.2) is 4.39 Å². The van der Waals surface area contributed by atoms with Gasteiger partial charge in [0.15, 0.2) is 0 Å².